The number of ether oxygens (including phenoxy) is 2. The summed E-state index contributed by atoms with van der Waals surface area (Å²) >= 11 is 0. The molecule has 1 spiro atoms. The molecule has 2 rings (SSSR count). The molecule has 17 heavy (non-hydrogen) atoms. The molecule has 1 aliphatic carbocycles. The Balaban J connectivity index is 2.18. The van der Waals surface area contributed by atoms with Gasteiger partial charge in [0.05, 0.1) is 11.7 Å². The Hall–Kier alpha value is -0.410. The number of rotatable bonds is 3. The van der Waals surface area contributed by atoms with Crippen LogP contribution in [0, 0.1) is 5.41 Å². The van der Waals surface area contributed by atoms with Crippen molar-refractivity contribution in [2.24, 2.45) is 5.41 Å². The molecule has 2 fully saturated rings. The summed E-state index contributed by atoms with van der Waals surface area (Å²) < 4.78 is 12.0. The average molecular weight is 240 g/mol. The van der Waals surface area contributed by atoms with E-state index in [9.17, 15) is 4.79 Å². The molecule has 1 saturated carbocycles. The minimum absolute atomic E-state index is 0.00227. The molecule has 0 bridgehead atoms. The van der Waals surface area contributed by atoms with Gasteiger partial charge in [-0.3, -0.25) is 4.79 Å². The molecule has 1 saturated heterocycles. The molecular weight excluding hydrogens is 216 g/mol. The first-order valence-electron chi connectivity index (χ1n) is 6.62. The molecular formula is C14H24O3. The SMILES string of the molecule is CCC(=O)C(C)(C)[C@@H]1CC2(CC2)OC(C)(C)O1. The second-order valence-electron chi connectivity index (χ2n) is 6.49. The van der Waals surface area contributed by atoms with Gasteiger partial charge in [0.2, 0.25) is 0 Å². The van der Waals surface area contributed by atoms with Crippen LogP contribution in [0.15, 0.2) is 0 Å². The molecule has 0 amide bonds. The van der Waals surface area contributed by atoms with Crippen LogP contribution in [0.4, 0.5) is 0 Å². The Morgan fingerprint density at radius 3 is 2.41 bits per heavy atom. The lowest BCUT2D eigenvalue weighted by Gasteiger charge is -2.46. The highest BCUT2D eigenvalue weighted by Gasteiger charge is 2.57. The second kappa shape index (κ2) is 3.79. The van der Waals surface area contributed by atoms with E-state index in [2.05, 4.69) is 0 Å². The lowest BCUT2D eigenvalue weighted by molar-refractivity contribution is -0.321. The summed E-state index contributed by atoms with van der Waals surface area (Å²) in [5, 5.41) is 0. The van der Waals surface area contributed by atoms with Crippen LogP contribution < -0.4 is 0 Å². The van der Waals surface area contributed by atoms with E-state index >= 15 is 0 Å². The minimum atomic E-state index is -0.565. The summed E-state index contributed by atoms with van der Waals surface area (Å²) in [5.41, 5.74) is -0.414. The van der Waals surface area contributed by atoms with Crippen LogP contribution in [0.3, 0.4) is 0 Å². The van der Waals surface area contributed by atoms with Gasteiger partial charge < -0.3 is 9.47 Å². The maximum absolute atomic E-state index is 12.1. The highest BCUT2D eigenvalue weighted by atomic mass is 16.7. The van der Waals surface area contributed by atoms with Crippen molar-refractivity contribution < 1.29 is 14.3 Å². The first kappa shape index (κ1) is 13.0. The predicted octanol–water partition coefficient (Wildman–Crippen LogP) is 3.07. The number of carbonyl (C=O) groups is 1. The zero-order valence-electron chi connectivity index (χ0n) is 11.6. The Morgan fingerprint density at radius 2 is 1.94 bits per heavy atom. The van der Waals surface area contributed by atoms with E-state index in [0.717, 1.165) is 19.3 Å². The third kappa shape index (κ3) is 2.41. The van der Waals surface area contributed by atoms with Gasteiger partial charge in [-0.15, -0.1) is 0 Å². The number of hydrogen-bond donors (Lipinski definition) is 0. The predicted molar refractivity (Wildman–Crippen MR) is 65.7 cm³/mol. The van der Waals surface area contributed by atoms with Crippen LogP contribution in [0.25, 0.3) is 0 Å². The molecule has 1 atom stereocenters. The van der Waals surface area contributed by atoms with Crippen molar-refractivity contribution in [2.75, 3.05) is 0 Å². The molecule has 2 aliphatic rings. The largest absolute Gasteiger partial charge is 0.346 e. The van der Waals surface area contributed by atoms with Gasteiger partial charge in [-0.2, -0.15) is 0 Å². The topological polar surface area (TPSA) is 35.5 Å². The van der Waals surface area contributed by atoms with E-state index in [0.29, 0.717) is 6.42 Å². The van der Waals surface area contributed by atoms with E-state index in [-0.39, 0.29) is 17.5 Å². The molecule has 0 radical (unpaired) electrons. The van der Waals surface area contributed by atoms with Crippen LogP contribution in [0.1, 0.15) is 60.3 Å². The van der Waals surface area contributed by atoms with E-state index in [1.165, 1.54) is 0 Å². The van der Waals surface area contributed by atoms with Crippen molar-refractivity contribution in [3.63, 3.8) is 0 Å². The average Bonchev–Trinajstić information content (AvgIpc) is 2.93. The number of hydrogen-bond acceptors (Lipinski definition) is 3. The zero-order chi connectivity index (χ0) is 12.9. The number of ketones is 1. The molecule has 3 nitrogen and oxygen atoms in total. The summed E-state index contributed by atoms with van der Waals surface area (Å²) in [6.07, 6.45) is 3.61. The summed E-state index contributed by atoms with van der Waals surface area (Å²) in [7, 11) is 0. The van der Waals surface area contributed by atoms with Gasteiger partial charge >= 0.3 is 0 Å². The van der Waals surface area contributed by atoms with Crippen LogP contribution in [0.5, 0.6) is 0 Å². The first-order valence-corrected chi connectivity index (χ1v) is 6.62. The van der Waals surface area contributed by atoms with Crippen molar-refractivity contribution in [3.8, 4) is 0 Å². The summed E-state index contributed by atoms with van der Waals surface area (Å²) in [4.78, 5) is 12.1. The lowest BCUT2D eigenvalue weighted by atomic mass is 9.77. The molecule has 0 aromatic rings. The molecule has 1 heterocycles. The van der Waals surface area contributed by atoms with E-state index < -0.39 is 11.2 Å². The highest BCUT2D eigenvalue weighted by Crippen LogP contribution is 2.53. The fraction of sp³-hybridized carbons (Fsp3) is 0.929. The smallest absolute Gasteiger partial charge is 0.163 e. The Morgan fingerprint density at radius 1 is 1.35 bits per heavy atom. The maximum Gasteiger partial charge on any atom is 0.163 e. The van der Waals surface area contributed by atoms with Crippen LogP contribution >= 0.6 is 0 Å². The summed E-state index contributed by atoms with van der Waals surface area (Å²) in [6.45, 7) is 9.82. The Bertz CT molecular complexity index is 320. The van der Waals surface area contributed by atoms with E-state index in [1.807, 2.05) is 34.6 Å². The van der Waals surface area contributed by atoms with Crippen molar-refractivity contribution in [2.45, 2.75) is 77.8 Å². The molecule has 0 aromatic carbocycles. The fourth-order valence-electron chi connectivity index (χ4n) is 2.79. The van der Waals surface area contributed by atoms with Crippen LogP contribution in [-0.2, 0) is 14.3 Å². The molecule has 0 unspecified atom stereocenters. The van der Waals surface area contributed by atoms with Crippen molar-refractivity contribution in [1.82, 2.24) is 0 Å². The van der Waals surface area contributed by atoms with Crippen molar-refractivity contribution in [3.05, 3.63) is 0 Å². The fourth-order valence-corrected chi connectivity index (χ4v) is 2.79. The van der Waals surface area contributed by atoms with E-state index in [1.54, 1.807) is 0 Å². The third-order valence-corrected chi connectivity index (χ3v) is 4.10. The summed E-state index contributed by atoms with van der Waals surface area (Å²) in [6, 6.07) is 0. The number of Topliss-reactive ketones (excluding diaryl/α,β-unsaturated/α-hetero) is 1. The van der Waals surface area contributed by atoms with Crippen molar-refractivity contribution in [1.29, 1.82) is 0 Å². The monoisotopic (exact) mass is 240 g/mol. The lowest BCUT2D eigenvalue weighted by Crippen LogP contribution is -2.52. The normalized spacial score (nSPS) is 30.3. The van der Waals surface area contributed by atoms with Gasteiger partial charge in [0, 0.05) is 18.3 Å². The van der Waals surface area contributed by atoms with Crippen molar-refractivity contribution >= 4 is 5.78 Å². The van der Waals surface area contributed by atoms with Gasteiger partial charge in [-0.1, -0.05) is 20.8 Å². The van der Waals surface area contributed by atoms with Crippen LogP contribution in [0.2, 0.25) is 0 Å². The number of carbonyl (C=O) groups excluding carboxylic acids is 1. The highest BCUT2D eigenvalue weighted by molar-refractivity contribution is 5.84. The van der Waals surface area contributed by atoms with E-state index in [4.69, 9.17) is 9.47 Å². The molecule has 1 aliphatic heterocycles. The molecule has 0 aromatic heterocycles. The molecule has 98 valence electrons. The molecule has 0 N–H and O–H groups in total. The molecule has 3 heteroatoms. The van der Waals surface area contributed by atoms with Crippen LogP contribution in [-0.4, -0.2) is 23.3 Å². The first-order chi connectivity index (χ1) is 7.71. The van der Waals surface area contributed by atoms with Gasteiger partial charge in [0.15, 0.2) is 5.79 Å². The Kier molecular flexibility index (Phi) is 2.91. The van der Waals surface area contributed by atoms with Gasteiger partial charge in [0.25, 0.3) is 0 Å². The van der Waals surface area contributed by atoms with Gasteiger partial charge in [-0.05, 0) is 26.7 Å². The summed E-state index contributed by atoms with van der Waals surface area (Å²) in [5.74, 6) is -0.291. The minimum Gasteiger partial charge on any atom is -0.346 e. The van der Waals surface area contributed by atoms with Gasteiger partial charge in [0.1, 0.15) is 5.78 Å². The third-order valence-electron chi connectivity index (χ3n) is 4.10. The van der Waals surface area contributed by atoms with Gasteiger partial charge in [-0.25, -0.2) is 0 Å². The Labute approximate surface area is 104 Å². The zero-order valence-corrected chi connectivity index (χ0v) is 11.6. The second-order valence-corrected chi connectivity index (χ2v) is 6.49. The quantitative estimate of drug-likeness (QED) is 0.760. The maximum atomic E-state index is 12.1. The standard InChI is InChI=1S/C14H24O3/c1-6-10(15)12(2,3)11-9-14(7-8-14)17-13(4,5)16-11/h11H,6-9H2,1-5H3/t11-/m0/s1.